The topological polar surface area (TPSA) is 21.6 Å². The molecule has 0 N–H and O–H groups in total. The van der Waals surface area contributed by atoms with E-state index in [1.807, 2.05) is 0 Å². The Hall–Kier alpha value is -1.16. The van der Waals surface area contributed by atoms with Gasteiger partial charge in [0.1, 0.15) is 29.8 Å². The van der Waals surface area contributed by atoms with Crippen LogP contribution in [0.25, 0.3) is 0 Å². The van der Waals surface area contributed by atoms with E-state index in [4.69, 9.17) is 16.3 Å². The van der Waals surface area contributed by atoms with Gasteiger partial charge in [-0.05, 0) is 12.1 Å². The molecule has 0 bridgehead atoms. The molecule has 0 radical (unpaired) electrons. The average Bonchev–Trinajstić information content (AvgIpc) is 2.66. The quantitative estimate of drug-likeness (QED) is 0.716. The monoisotopic (exact) mass is 231 g/mol. The molecule has 5 heteroatoms. The molecule has 0 amide bonds. The lowest BCUT2D eigenvalue weighted by Crippen LogP contribution is -2.08. The zero-order valence-electron chi connectivity index (χ0n) is 7.71. The number of halogens is 3. The fourth-order valence-corrected chi connectivity index (χ4v) is 1.49. The van der Waals surface area contributed by atoms with E-state index in [0.717, 1.165) is 12.1 Å². The minimum absolute atomic E-state index is 0.00347. The van der Waals surface area contributed by atoms with Crippen molar-refractivity contribution in [3.05, 3.63) is 35.4 Å². The number of hydrogen-bond donors (Lipinski definition) is 0. The second-order valence-electron chi connectivity index (χ2n) is 3.15. The molecule has 2 rings (SSSR count). The first kappa shape index (κ1) is 10.4. The largest absolute Gasteiger partial charge is 0.475 e. The Bertz CT molecular complexity index is 388. The highest BCUT2D eigenvalue weighted by Gasteiger charge is 2.24. The Morgan fingerprint density at radius 2 is 2.07 bits per heavy atom. The third-order valence-corrected chi connectivity index (χ3v) is 2.42. The summed E-state index contributed by atoms with van der Waals surface area (Å²) in [6.07, 6.45) is 0. The number of alkyl halides is 1. The highest BCUT2D eigenvalue weighted by atomic mass is 35.5. The number of hydrogen-bond acceptors (Lipinski definition) is 2. The van der Waals surface area contributed by atoms with Crippen molar-refractivity contribution in [1.29, 1.82) is 0 Å². The lowest BCUT2D eigenvalue weighted by Gasteiger charge is -2.03. The third-order valence-electron chi connectivity index (χ3n) is 2.07. The van der Waals surface area contributed by atoms with Crippen LogP contribution in [0.1, 0.15) is 5.56 Å². The molecule has 0 saturated heterocycles. The molecule has 0 spiro atoms. The van der Waals surface area contributed by atoms with Crippen molar-refractivity contribution in [3.8, 4) is 0 Å². The van der Waals surface area contributed by atoms with E-state index < -0.39 is 11.6 Å². The molecule has 1 aliphatic rings. The number of rotatable bonds is 2. The van der Waals surface area contributed by atoms with Gasteiger partial charge in [0.2, 0.25) is 5.90 Å². The Morgan fingerprint density at radius 1 is 1.40 bits per heavy atom. The van der Waals surface area contributed by atoms with Crippen LogP contribution in [0.5, 0.6) is 0 Å². The first-order valence-corrected chi connectivity index (χ1v) is 4.96. The van der Waals surface area contributed by atoms with Crippen LogP contribution in [-0.4, -0.2) is 24.4 Å². The second-order valence-corrected chi connectivity index (χ2v) is 3.46. The summed E-state index contributed by atoms with van der Waals surface area (Å²) >= 11 is 5.57. The Balaban J connectivity index is 2.38. The van der Waals surface area contributed by atoms with Gasteiger partial charge in [0.25, 0.3) is 0 Å². The van der Waals surface area contributed by atoms with Crippen LogP contribution < -0.4 is 0 Å². The fraction of sp³-hybridized carbons (Fsp3) is 0.300. The van der Waals surface area contributed by atoms with Crippen molar-refractivity contribution in [2.45, 2.75) is 6.04 Å². The molecule has 80 valence electrons. The minimum Gasteiger partial charge on any atom is -0.475 e. The van der Waals surface area contributed by atoms with Gasteiger partial charge in [0.05, 0.1) is 0 Å². The molecule has 2 nitrogen and oxygen atoms in total. The van der Waals surface area contributed by atoms with Gasteiger partial charge in [-0.1, -0.05) is 6.07 Å². The van der Waals surface area contributed by atoms with E-state index in [-0.39, 0.29) is 30.0 Å². The fourth-order valence-electron chi connectivity index (χ4n) is 1.33. The van der Waals surface area contributed by atoms with Gasteiger partial charge in [-0.15, -0.1) is 11.6 Å². The van der Waals surface area contributed by atoms with Gasteiger partial charge in [0, 0.05) is 5.88 Å². The maximum atomic E-state index is 13.3. The Labute approximate surface area is 90.5 Å². The van der Waals surface area contributed by atoms with E-state index in [1.54, 1.807) is 0 Å². The predicted molar refractivity (Wildman–Crippen MR) is 53.4 cm³/mol. The van der Waals surface area contributed by atoms with Crippen LogP contribution in [0.3, 0.4) is 0 Å². The third kappa shape index (κ3) is 1.95. The number of aliphatic imine (C=N–C) groups is 1. The van der Waals surface area contributed by atoms with E-state index >= 15 is 0 Å². The maximum absolute atomic E-state index is 13.3. The minimum atomic E-state index is -0.677. The molecule has 1 aromatic rings. The van der Waals surface area contributed by atoms with E-state index in [1.165, 1.54) is 6.07 Å². The summed E-state index contributed by atoms with van der Waals surface area (Å²) in [5.74, 6) is -1.08. The summed E-state index contributed by atoms with van der Waals surface area (Å²) < 4.78 is 31.7. The van der Waals surface area contributed by atoms with Crippen LogP contribution in [0.15, 0.2) is 23.2 Å². The summed E-state index contributed by atoms with van der Waals surface area (Å²) in [5.41, 5.74) is -0.217. The van der Waals surface area contributed by atoms with Crippen molar-refractivity contribution >= 4 is 17.5 Å². The molecule has 1 atom stereocenters. The van der Waals surface area contributed by atoms with Crippen LogP contribution in [0.4, 0.5) is 8.78 Å². The first-order valence-electron chi connectivity index (χ1n) is 4.43. The van der Waals surface area contributed by atoms with Crippen molar-refractivity contribution < 1.29 is 13.5 Å². The Morgan fingerprint density at radius 3 is 2.60 bits per heavy atom. The van der Waals surface area contributed by atoms with E-state index in [9.17, 15) is 8.78 Å². The van der Waals surface area contributed by atoms with Gasteiger partial charge in [0.15, 0.2) is 0 Å². The van der Waals surface area contributed by atoms with Crippen molar-refractivity contribution in [3.63, 3.8) is 0 Å². The molecule has 1 aromatic carbocycles. The molecule has 0 aromatic heterocycles. The SMILES string of the molecule is Fc1cccc(F)c1C1=NC(CCl)CO1. The smallest absolute Gasteiger partial charge is 0.222 e. The summed E-state index contributed by atoms with van der Waals surface area (Å²) in [4.78, 5) is 3.98. The molecule has 1 unspecified atom stereocenters. The van der Waals surface area contributed by atoms with Crippen LogP contribution in [0.2, 0.25) is 0 Å². The van der Waals surface area contributed by atoms with Crippen molar-refractivity contribution in [1.82, 2.24) is 0 Å². The molecule has 15 heavy (non-hydrogen) atoms. The molecule has 0 aliphatic carbocycles. The zero-order valence-corrected chi connectivity index (χ0v) is 8.47. The first-order chi connectivity index (χ1) is 7.22. The van der Waals surface area contributed by atoms with Crippen molar-refractivity contribution in [2.75, 3.05) is 12.5 Å². The lowest BCUT2D eigenvalue weighted by atomic mass is 10.2. The summed E-state index contributed by atoms with van der Waals surface area (Å²) in [5, 5.41) is 0. The van der Waals surface area contributed by atoms with Gasteiger partial charge in [-0.25, -0.2) is 13.8 Å². The highest BCUT2D eigenvalue weighted by Crippen LogP contribution is 2.18. The van der Waals surface area contributed by atoms with Gasteiger partial charge < -0.3 is 4.74 Å². The van der Waals surface area contributed by atoms with E-state index in [0.29, 0.717) is 0 Å². The summed E-state index contributed by atoms with van der Waals surface area (Å²) in [6.45, 7) is 0.270. The second kappa shape index (κ2) is 4.14. The standard InChI is InChI=1S/C10H8ClF2NO/c11-4-6-5-15-10(14-6)9-7(12)2-1-3-8(9)13/h1-3,6H,4-5H2. The molecular formula is C10H8ClF2NO. The van der Waals surface area contributed by atoms with Gasteiger partial charge >= 0.3 is 0 Å². The van der Waals surface area contributed by atoms with Crippen LogP contribution >= 0.6 is 11.6 Å². The lowest BCUT2D eigenvalue weighted by molar-refractivity contribution is 0.322. The number of nitrogens with zero attached hydrogens (tertiary/aromatic N) is 1. The summed E-state index contributed by atoms with van der Waals surface area (Å²) in [6, 6.07) is 3.40. The maximum Gasteiger partial charge on any atom is 0.222 e. The normalized spacial score (nSPS) is 19.9. The zero-order chi connectivity index (χ0) is 10.8. The van der Waals surface area contributed by atoms with Crippen LogP contribution in [0, 0.1) is 11.6 Å². The molecule has 0 fully saturated rings. The van der Waals surface area contributed by atoms with Crippen molar-refractivity contribution in [2.24, 2.45) is 4.99 Å². The Kier molecular flexibility index (Phi) is 2.86. The number of ether oxygens (including phenoxy) is 1. The van der Waals surface area contributed by atoms with Crippen LogP contribution in [-0.2, 0) is 4.74 Å². The van der Waals surface area contributed by atoms with Gasteiger partial charge in [-0.2, -0.15) is 0 Å². The highest BCUT2D eigenvalue weighted by molar-refractivity contribution is 6.18. The summed E-state index contributed by atoms with van der Waals surface area (Å²) in [7, 11) is 0. The molecular weight excluding hydrogens is 224 g/mol. The predicted octanol–water partition coefficient (Wildman–Crippen LogP) is 2.35. The van der Waals surface area contributed by atoms with E-state index in [2.05, 4.69) is 4.99 Å². The number of benzene rings is 1. The molecule has 0 saturated carbocycles. The molecule has 1 heterocycles. The van der Waals surface area contributed by atoms with Gasteiger partial charge in [-0.3, -0.25) is 0 Å². The average molecular weight is 232 g/mol. The molecule has 1 aliphatic heterocycles.